The van der Waals surface area contributed by atoms with Gasteiger partial charge in [-0.3, -0.25) is 4.99 Å². The highest BCUT2D eigenvalue weighted by Gasteiger charge is 2.21. The van der Waals surface area contributed by atoms with Gasteiger partial charge in [-0.25, -0.2) is 0 Å². The summed E-state index contributed by atoms with van der Waals surface area (Å²) in [4.78, 5) is 4.33. The minimum Gasteiger partial charge on any atom is -0.493 e. The fraction of sp³-hybridized carbons (Fsp3) is 0.409. The van der Waals surface area contributed by atoms with Crippen LogP contribution in [0.4, 0.5) is 0 Å². The Hall–Kier alpha value is -2.16. The number of hydrogen-bond donors (Lipinski definition) is 2. The molecule has 0 saturated carbocycles. The van der Waals surface area contributed by atoms with Crippen molar-refractivity contribution in [1.29, 1.82) is 0 Å². The SMILES string of the molecule is CN=C(NCc1ccc(OC)c(OC)c1OC)NCC(C)(C)c1ccccc1.I. The second-order valence-corrected chi connectivity index (χ2v) is 7.02. The number of aliphatic imine (C=N–C) groups is 1. The van der Waals surface area contributed by atoms with E-state index in [9.17, 15) is 0 Å². The van der Waals surface area contributed by atoms with Crippen LogP contribution in [0.15, 0.2) is 47.5 Å². The standard InChI is InChI=1S/C22H31N3O3.HI/c1-22(2,17-10-8-7-9-11-17)15-25-21(23-3)24-14-16-12-13-18(26-4)20(28-6)19(16)27-5;/h7-13H,14-15H2,1-6H3,(H2,23,24,25);1H. The Bertz CT molecular complexity index is 795. The Morgan fingerprint density at radius 1 is 0.897 bits per heavy atom. The summed E-state index contributed by atoms with van der Waals surface area (Å²) in [5.41, 5.74) is 2.20. The number of benzene rings is 2. The van der Waals surface area contributed by atoms with Crippen LogP contribution in [-0.4, -0.2) is 40.9 Å². The fourth-order valence-electron chi connectivity index (χ4n) is 3.00. The van der Waals surface area contributed by atoms with Crippen LogP contribution in [0.1, 0.15) is 25.0 Å². The minimum atomic E-state index is -0.0279. The molecule has 0 atom stereocenters. The highest BCUT2D eigenvalue weighted by Crippen LogP contribution is 2.39. The zero-order valence-electron chi connectivity index (χ0n) is 18.0. The van der Waals surface area contributed by atoms with Crippen LogP contribution in [0.2, 0.25) is 0 Å². The van der Waals surface area contributed by atoms with E-state index in [0.29, 0.717) is 23.8 Å². The van der Waals surface area contributed by atoms with Gasteiger partial charge in [0.25, 0.3) is 0 Å². The van der Waals surface area contributed by atoms with Crippen molar-refractivity contribution in [1.82, 2.24) is 10.6 Å². The van der Waals surface area contributed by atoms with Crippen LogP contribution in [0, 0.1) is 0 Å². The first-order valence-corrected chi connectivity index (χ1v) is 9.24. The lowest BCUT2D eigenvalue weighted by atomic mass is 9.85. The summed E-state index contributed by atoms with van der Waals surface area (Å²) >= 11 is 0. The zero-order valence-corrected chi connectivity index (χ0v) is 20.4. The summed E-state index contributed by atoms with van der Waals surface area (Å²) in [6.45, 7) is 5.70. The molecule has 0 aromatic heterocycles. The Kier molecular flexibility index (Phi) is 10.1. The number of ether oxygens (including phenoxy) is 3. The molecule has 7 heteroatoms. The van der Waals surface area contributed by atoms with Gasteiger partial charge in [-0.2, -0.15) is 0 Å². The maximum absolute atomic E-state index is 5.54. The molecule has 0 aliphatic heterocycles. The van der Waals surface area contributed by atoms with Crippen LogP contribution in [-0.2, 0) is 12.0 Å². The summed E-state index contributed by atoms with van der Waals surface area (Å²) in [5.74, 6) is 2.59. The molecule has 0 spiro atoms. The lowest BCUT2D eigenvalue weighted by Crippen LogP contribution is -2.43. The van der Waals surface area contributed by atoms with Gasteiger partial charge >= 0.3 is 0 Å². The Morgan fingerprint density at radius 3 is 2.10 bits per heavy atom. The third-order valence-corrected chi connectivity index (χ3v) is 4.71. The van der Waals surface area contributed by atoms with Crippen molar-refractivity contribution >= 4 is 29.9 Å². The minimum absolute atomic E-state index is 0. The first-order valence-electron chi connectivity index (χ1n) is 9.24. The molecule has 2 aromatic rings. The largest absolute Gasteiger partial charge is 0.493 e. The van der Waals surface area contributed by atoms with Crippen molar-refractivity contribution in [3.05, 3.63) is 53.6 Å². The first kappa shape index (κ1) is 24.9. The summed E-state index contributed by atoms with van der Waals surface area (Å²) in [6, 6.07) is 14.3. The van der Waals surface area contributed by atoms with Crippen LogP contribution >= 0.6 is 24.0 Å². The van der Waals surface area contributed by atoms with E-state index in [-0.39, 0.29) is 29.4 Å². The molecule has 2 rings (SSSR count). The Balaban J connectivity index is 0.00000420. The molecular weight excluding hydrogens is 481 g/mol. The molecule has 0 heterocycles. The fourth-order valence-corrected chi connectivity index (χ4v) is 3.00. The molecule has 160 valence electrons. The van der Waals surface area contributed by atoms with E-state index in [1.807, 2.05) is 18.2 Å². The van der Waals surface area contributed by atoms with Crippen molar-refractivity contribution in [2.24, 2.45) is 4.99 Å². The molecule has 0 amide bonds. The van der Waals surface area contributed by atoms with Gasteiger partial charge in [0.2, 0.25) is 5.75 Å². The van der Waals surface area contributed by atoms with E-state index in [1.54, 1.807) is 28.4 Å². The molecule has 0 bridgehead atoms. The second-order valence-electron chi connectivity index (χ2n) is 7.02. The van der Waals surface area contributed by atoms with Gasteiger partial charge in [-0.1, -0.05) is 44.2 Å². The predicted octanol–water partition coefficient (Wildman–Crippen LogP) is 3.97. The van der Waals surface area contributed by atoms with Crippen molar-refractivity contribution in [3.63, 3.8) is 0 Å². The van der Waals surface area contributed by atoms with Crippen molar-refractivity contribution in [2.45, 2.75) is 25.8 Å². The van der Waals surface area contributed by atoms with Gasteiger partial charge in [-0.05, 0) is 17.7 Å². The molecule has 0 radical (unpaired) electrons. The van der Waals surface area contributed by atoms with Gasteiger partial charge in [0.15, 0.2) is 17.5 Å². The van der Waals surface area contributed by atoms with Gasteiger partial charge in [0.1, 0.15) is 0 Å². The molecule has 0 unspecified atom stereocenters. The van der Waals surface area contributed by atoms with Gasteiger partial charge < -0.3 is 24.8 Å². The van der Waals surface area contributed by atoms with Gasteiger partial charge in [-0.15, -0.1) is 24.0 Å². The first-order chi connectivity index (χ1) is 13.5. The highest BCUT2D eigenvalue weighted by molar-refractivity contribution is 14.0. The molecule has 0 aliphatic rings. The third-order valence-electron chi connectivity index (χ3n) is 4.71. The topological polar surface area (TPSA) is 64.1 Å². The molecule has 2 N–H and O–H groups in total. The van der Waals surface area contributed by atoms with Crippen molar-refractivity contribution in [2.75, 3.05) is 34.9 Å². The summed E-state index contributed by atoms with van der Waals surface area (Å²) in [5, 5.41) is 6.74. The quantitative estimate of drug-likeness (QED) is 0.318. The highest BCUT2D eigenvalue weighted by atomic mass is 127. The average Bonchev–Trinajstić information content (AvgIpc) is 2.73. The van der Waals surface area contributed by atoms with E-state index in [1.165, 1.54) is 5.56 Å². The summed E-state index contributed by atoms with van der Waals surface area (Å²) in [7, 11) is 6.59. The molecule has 6 nitrogen and oxygen atoms in total. The molecule has 0 saturated heterocycles. The van der Waals surface area contributed by atoms with Crippen LogP contribution < -0.4 is 24.8 Å². The van der Waals surface area contributed by atoms with Gasteiger partial charge in [0, 0.05) is 31.1 Å². The monoisotopic (exact) mass is 513 g/mol. The number of rotatable bonds is 8. The molecule has 29 heavy (non-hydrogen) atoms. The van der Waals surface area contributed by atoms with E-state index < -0.39 is 0 Å². The molecule has 0 fully saturated rings. The molecular formula is C22H32IN3O3. The lowest BCUT2D eigenvalue weighted by molar-refractivity contribution is 0.322. The van der Waals surface area contributed by atoms with Crippen LogP contribution in [0.3, 0.4) is 0 Å². The zero-order chi connectivity index (χ0) is 20.6. The normalized spacial score (nSPS) is 11.3. The average molecular weight is 513 g/mol. The third kappa shape index (κ3) is 6.42. The second kappa shape index (κ2) is 11.7. The summed E-state index contributed by atoms with van der Waals surface area (Å²) < 4.78 is 16.3. The maximum Gasteiger partial charge on any atom is 0.203 e. The molecule has 0 aliphatic carbocycles. The Morgan fingerprint density at radius 2 is 1.55 bits per heavy atom. The van der Waals surface area contributed by atoms with Crippen LogP contribution in [0.5, 0.6) is 17.2 Å². The number of methoxy groups -OCH3 is 3. The van der Waals surface area contributed by atoms with E-state index in [2.05, 4.69) is 53.7 Å². The van der Waals surface area contributed by atoms with E-state index in [0.717, 1.165) is 18.1 Å². The van der Waals surface area contributed by atoms with Crippen molar-refractivity contribution < 1.29 is 14.2 Å². The van der Waals surface area contributed by atoms with E-state index >= 15 is 0 Å². The lowest BCUT2D eigenvalue weighted by Gasteiger charge is -2.27. The maximum atomic E-state index is 5.54. The van der Waals surface area contributed by atoms with Gasteiger partial charge in [0.05, 0.1) is 21.3 Å². The summed E-state index contributed by atoms with van der Waals surface area (Å²) in [6.07, 6.45) is 0. The Labute approximate surface area is 191 Å². The number of halogens is 1. The number of nitrogens with one attached hydrogen (secondary N) is 2. The van der Waals surface area contributed by atoms with Crippen LogP contribution in [0.25, 0.3) is 0 Å². The van der Waals surface area contributed by atoms with E-state index in [4.69, 9.17) is 14.2 Å². The number of hydrogen-bond acceptors (Lipinski definition) is 4. The predicted molar refractivity (Wildman–Crippen MR) is 129 cm³/mol. The molecule has 2 aromatic carbocycles. The number of guanidine groups is 1. The number of nitrogens with zero attached hydrogens (tertiary/aromatic N) is 1. The van der Waals surface area contributed by atoms with Crippen molar-refractivity contribution in [3.8, 4) is 17.2 Å². The smallest absolute Gasteiger partial charge is 0.203 e.